The Kier molecular flexibility index (Phi) is 7.17. The van der Waals surface area contributed by atoms with Gasteiger partial charge >= 0.3 is 6.03 Å². The molecule has 0 unspecified atom stereocenters. The van der Waals surface area contributed by atoms with Gasteiger partial charge in [0.1, 0.15) is 17.1 Å². The molecule has 1 aromatic heterocycles. The van der Waals surface area contributed by atoms with Gasteiger partial charge in [-0.1, -0.05) is 18.2 Å². The Morgan fingerprint density at radius 2 is 1.89 bits per heavy atom. The second kappa shape index (κ2) is 10.4. The summed E-state index contributed by atoms with van der Waals surface area (Å²) in [5, 5.41) is 13.2. The smallest absolute Gasteiger partial charge is 0.323 e. The van der Waals surface area contributed by atoms with Crippen molar-refractivity contribution >= 4 is 34.1 Å². The number of nitrogen functional groups attached to an aromatic ring is 1. The number of carbonyl (C=O) groups is 1. The zero-order valence-corrected chi connectivity index (χ0v) is 20.0. The van der Waals surface area contributed by atoms with E-state index in [0.717, 1.165) is 40.6 Å². The summed E-state index contributed by atoms with van der Waals surface area (Å²) in [7, 11) is 4.06. The van der Waals surface area contributed by atoms with Crippen molar-refractivity contribution in [1.82, 2.24) is 15.1 Å². The number of H-pyrrole nitrogens is 1. The second-order valence-electron chi connectivity index (χ2n) is 8.62. The Morgan fingerprint density at radius 1 is 1.11 bits per heavy atom. The number of urea groups is 1. The molecule has 4 aromatic rings. The third kappa shape index (κ3) is 5.70. The standard InChI is InChI=1S/C26H29FN6O2/c1-16-5-11-20(27)21(15-16)30-26(34)29-18-8-6-17(7-9-18)19-10-12-22(35-14-4-13-33(2)3)24-23(19)25(28)32-31-24/h5-12,15H,4,13-14H2,1-3H3,(H3,28,31,32)(H2,29,30,34). The zero-order chi connectivity index (χ0) is 24.9. The van der Waals surface area contributed by atoms with Gasteiger partial charge in [-0.15, -0.1) is 0 Å². The average molecular weight is 477 g/mol. The zero-order valence-electron chi connectivity index (χ0n) is 20.0. The first-order valence-corrected chi connectivity index (χ1v) is 11.3. The van der Waals surface area contributed by atoms with Crippen LogP contribution in [0.1, 0.15) is 12.0 Å². The first-order chi connectivity index (χ1) is 16.8. The fourth-order valence-corrected chi connectivity index (χ4v) is 3.81. The molecule has 0 saturated heterocycles. The van der Waals surface area contributed by atoms with E-state index < -0.39 is 11.8 Å². The number of anilines is 3. The predicted molar refractivity (Wildman–Crippen MR) is 138 cm³/mol. The predicted octanol–water partition coefficient (Wildman–Crippen LogP) is 5.23. The van der Waals surface area contributed by atoms with Gasteiger partial charge in [0, 0.05) is 12.2 Å². The van der Waals surface area contributed by atoms with Gasteiger partial charge in [-0.25, -0.2) is 9.18 Å². The highest BCUT2D eigenvalue weighted by atomic mass is 19.1. The molecule has 0 aliphatic rings. The van der Waals surface area contributed by atoms with Crippen LogP contribution in [-0.4, -0.2) is 48.4 Å². The summed E-state index contributed by atoms with van der Waals surface area (Å²) in [6.07, 6.45) is 0.901. The Hall–Kier alpha value is -4.11. The molecule has 0 radical (unpaired) electrons. The van der Waals surface area contributed by atoms with Gasteiger partial charge in [0.15, 0.2) is 5.82 Å². The van der Waals surface area contributed by atoms with Crippen LogP contribution in [-0.2, 0) is 0 Å². The van der Waals surface area contributed by atoms with Gasteiger partial charge in [0.2, 0.25) is 0 Å². The van der Waals surface area contributed by atoms with Gasteiger partial charge in [-0.2, -0.15) is 5.10 Å². The normalized spacial score (nSPS) is 11.1. The summed E-state index contributed by atoms with van der Waals surface area (Å²) in [6.45, 7) is 3.35. The highest BCUT2D eigenvalue weighted by molar-refractivity contribution is 6.04. The lowest BCUT2D eigenvalue weighted by atomic mass is 10.0. The lowest BCUT2D eigenvalue weighted by molar-refractivity contribution is 0.262. The number of nitrogens with one attached hydrogen (secondary N) is 3. The van der Waals surface area contributed by atoms with Crippen LogP contribution in [0.15, 0.2) is 54.6 Å². The molecule has 0 fully saturated rings. The fraction of sp³-hybridized carbons (Fsp3) is 0.231. The minimum absolute atomic E-state index is 0.126. The third-order valence-electron chi connectivity index (χ3n) is 5.54. The molecule has 35 heavy (non-hydrogen) atoms. The van der Waals surface area contributed by atoms with Gasteiger partial charge < -0.3 is 26.0 Å². The van der Waals surface area contributed by atoms with Crippen molar-refractivity contribution in [2.75, 3.05) is 43.6 Å². The highest BCUT2D eigenvalue weighted by Crippen LogP contribution is 2.36. The lowest BCUT2D eigenvalue weighted by Gasteiger charge is -2.13. The van der Waals surface area contributed by atoms with Crippen molar-refractivity contribution in [2.24, 2.45) is 0 Å². The molecule has 5 N–H and O–H groups in total. The van der Waals surface area contributed by atoms with E-state index in [2.05, 4.69) is 25.7 Å². The maximum absolute atomic E-state index is 13.9. The molecule has 2 amide bonds. The molecule has 9 heteroatoms. The van der Waals surface area contributed by atoms with Crippen molar-refractivity contribution in [3.8, 4) is 16.9 Å². The summed E-state index contributed by atoms with van der Waals surface area (Å²) in [4.78, 5) is 14.4. The minimum atomic E-state index is -0.528. The molecule has 0 atom stereocenters. The molecule has 1 heterocycles. The monoisotopic (exact) mass is 476 g/mol. The third-order valence-corrected chi connectivity index (χ3v) is 5.54. The first-order valence-electron chi connectivity index (χ1n) is 11.3. The molecule has 8 nitrogen and oxygen atoms in total. The second-order valence-corrected chi connectivity index (χ2v) is 8.62. The number of halogens is 1. The number of carbonyl (C=O) groups excluding carboxylic acids is 1. The van der Waals surface area contributed by atoms with Crippen molar-refractivity contribution < 1.29 is 13.9 Å². The number of amides is 2. The first kappa shape index (κ1) is 24.0. The topological polar surface area (TPSA) is 108 Å². The van der Waals surface area contributed by atoms with Crippen LogP contribution in [0, 0.1) is 12.7 Å². The van der Waals surface area contributed by atoms with E-state index in [1.165, 1.54) is 6.07 Å². The van der Waals surface area contributed by atoms with Crippen molar-refractivity contribution in [3.63, 3.8) is 0 Å². The molecule has 182 valence electrons. The molecule has 0 aliphatic heterocycles. The van der Waals surface area contributed by atoms with Gasteiger partial charge in [-0.3, -0.25) is 5.10 Å². The number of rotatable bonds is 8. The Bertz CT molecular complexity index is 1330. The summed E-state index contributed by atoms with van der Waals surface area (Å²) in [5.74, 6) is 0.591. The lowest BCUT2D eigenvalue weighted by Crippen LogP contribution is -2.20. The van der Waals surface area contributed by atoms with Gasteiger partial charge in [0.05, 0.1) is 17.7 Å². The van der Waals surface area contributed by atoms with Gasteiger partial charge in [-0.05, 0) is 80.5 Å². The van der Waals surface area contributed by atoms with Crippen LogP contribution in [0.5, 0.6) is 5.75 Å². The number of ether oxygens (including phenoxy) is 1. The number of fused-ring (bicyclic) bond motifs is 1. The Balaban J connectivity index is 1.49. The van der Waals surface area contributed by atoms with Crippen molar-refractivity contribution in [3.05, 3.63) is 66.0 Å². The molecular formula is C26H29FN6O2. The molecular weight excluding hydrogens is 447 g/mol. The maximum atomic E-state index is 13.9. The quantitative estimate of drug-likeness (QED) is 0.260. The Labute approximate surface area is 203 Å². The van der Waals surface area contributed by atoms with E-state index in [1.54, 1.807) is 24.3 Å². The van der Waals surface area contributed by atoms with Crippen LogP contribution in [0.25, 0.3) is 22.0 Å². The number of benzene rings is 3. The number of hydrogen-bond acceptors (Lipinski definition) is 5. The molecule has 3 aromatic carbocycles. The van der Waals surface area contributed by atoms with E-state index in [-0.39, 0.29) is 5.69 Å². The van der Waals surface area contributed by atoms with Crippen LogP contribution >= 0.6 is 0 Å². The minimum Gasteiger partial charge on any atom is -0.491 e. The van der Waals surface area contributed by atoms with Crippen molar-refractivity contribution in [2.45, 2.75) is 13.3 Å². The number of nitrogens with zero attached hydrogens (tertiary/aromatic N) is 2. The number of aromatic amines is 1. The molecule has 0 saturated carbocycles. The summed E-state index contributed by atoms with van der Waals surface area (Å²) in [6, 6.07) is 15.2. The van der Waals surface area contributed by atoms with E-state index in [1.807, 2.05) is 45.3 Å². The molecule has 4 rings (SSSR count). The fourth-order valence-electron chi connectivity index (χ4n) is 3.81. The molecule has 0 spiro atoms. The molecule has 0 bridgehead atoms. The van der Waals surface area contributed by atoms with Gasteiger partial charge in [0.25, 0.3) is 0 Å². The summed E-state index contributed by atoms with van der Waals surface area (Å²) in [5.41, 5.74) is 10.2. The SMILES string of the molecule is Cc1ccc(F)c(NC(=O)Nc2ccc(-c3ccc(OCCCN(C)C)c4[nH]nc(N)c34)cc2)c1. The summed E-state index contributed by atoms with van der Waals surface area (Å²) >= 11 is 0. The number of aromatic nitrogens is 2. The van der Waals surface area contributed by atoms with E-state index in [9.17, 15) is 9.18 Å². The number of aryl methyl sites for hydroxylation is 1. The van der Waals surface area contributed by atoms with Crippen molar-refractivity contribution in [1.29, 1.82) is 0 Å². The molecule has 0 aliphatic carbocycles. The van der Waals surface area contributed by atoms with E-state index in [0.29, 0.717) is 23.9 Å². The largest absolute Gasteiger partial charge is 0.491 e. The number of nitrogens with two attached hydrogens (primary N) is 1. The van der Waals surface area contributed by atoms with Crippen LogP contribution in [0.4, 0.5) is 26.4 Å². The van der Waals surface area contributed by atoms with E-state index in [4.69, 9.17) is 10.5 Å². The maximum Gasteiger partial charge on any atom is 0.323 e. The van der Waals surface area contributed by atoms with Crippen LogP contribution in [0.2, 0.25) is 0 Å². The summed E-state index contributed by atoms with van der Waals surface area (Å²) < 4.78 is 19.9. The Morgan fingerprint density at radius 3 is 2.63 bits per heavy atom. The van der Waals surface area contributed by atoms with Crippen LogP contribution < -0.4 is 21.1 Å². The van der Waals surface area contributed by atoms with E-state index >= 15 is 0 Å². The highest BCUT2D eigenvalue weighted by Gasteiger charge is 2.15. The number of hydrogen-bond donors (Lipinski definition) is 4. The van der Waals surface area contributed by atoms with Crippen LogP contribution in [0.3, 0.4) is 0 Å². The average Bonchev–Trinajstić information content (AvgIpc) is 3.21.